The maximum atomic E-state index is 11.9. The highest BCUT2D eigenvalue weighted by Gasteiger charge is 2.24. The van der Waals surface area contributed by atoms with Crippen molar-refractivity contribution in [3.63, 3.8) is 0 Å². The number of nitrogens with one attached hydrogen (secondary N) is 3. The van der Waals surface area contributed by atoms with Crippen molar-refractivity contribution in [3.8, 4) is 0 Å². The van der Waals surface area contributed by atoms with Gasteiger partial charge in [0.15, 0.2) is 15.8 Å². The van der Waals surface area contributed by atoms with Gasteiger partial charge in [-0.25, -0.2) is 13.2 Å². The summed E-state index contributed by atoms with van der Waals surface area (Å²) in [5.74, 6) is 0.561. The number of amides is 1. The lowest BCUT2D eigenvalue weighted by Gasteiger charge is -2.29. The highest BCUT2D eigenvalue weighted by molar-refractivity contribution is 7.90. The van der Waals surface area contributed by atoms with E-state index in [0.29, 0.717) is 19.0 Å². The molecular formula is C19H32N4O4S. The van der Waals surface area contributed by atoms with Gasteiger partial charge in [0.2, 0.25) is 0 Å². The lowest BCUT2D eigenvalue weighted by molar-refractivity contribution is 0.0474. The molecule has 1 aromatic carbocycles. The molecule has 0 atom stereocenters. The zero-order valence-corrected chi connectivity index (χ0v) is 18.5. The Morgan fingerprint density at radius 3 is 2.11 bits per heavy atom. The van der Waals surface area contributed by atoms with Crippen LogP contribution in [0.3, 0.4) is 0 Å². The molecule has 3 N–H and O–H groups in total. The van der Waals surface area contributed by atoms with Crippen molar-refractivity contribution >= 4 is 21.9 Å². The Hall–Kier alpha value is -2.29. The van der Waals surface area contributed by atoms with Gasteiger partial charge in [-0.05, 0) is 52.3 Å². The molecule has 0 aliphatic rings. The number of carbonyl (C=O) groups excluding carboxylic acids is 1. The predicted molar refractivity (Wildman–Crippen MR) is 111 cm³/mol. The summed E-state index contributed by atoms with van der Waals surface area (Å²) in [7, 11) is -1.55. The summed E-state index contributed by atoms with van der Waals surface area (Å²) in [5.41, 5.74) is -0.198. The van der Waals surface area contributed by atoms with Gasteiger partial charge >= 0.3 is 6.09 Å². The van der Waals surface area contributed by atoms with Crippen LogP contribution in [0.1, 0.15) is 40.2 Å². The van der Waals surface area contributed by atoms with E-state index in [0.717, 1.165) is 5.56 Å². The van der Waals surface area contributed by atoms with Crippen molar-refractivity contribution in [1.29, 1.82) is 0 Å². The van der Waals surface area contributed by atoms with E-state index in [2.05, 4.69) is 20.9 Å². The summed E-state index contributed by atoms with van der Waals surface area (Å²) in [4.78, 5) is 16.4. The fourth-order valence-corrected chi connectivity index (χ4v) is 2.82. The van der Waals surface area contributed by atoms with E-state index < -0.39 is 27.1 Å². The first-order valence-electron chi connectivity index (χ1n) is 8.96. The van der Waals surface area contributed by atoms with Gasteiger partial charge in [0.05, 0.1) is 10.4 Å². The van der Waals surface area contributed by atoms with Gasteiger partial charge in [-0.15, -0.1) is 0 Å². The Balaban J connectivity index is 2.55. The number of aliphatic imine (C=N–C) groups is 1. The van der Waals surface area contributed by atoms with Crippen LogP contribution in [0.25, 0.3) is 0 Å². The van der Waals surface area contributed by atoms with Crippen molar-refractivity contribution in [2.24, 2.45) is 4.99 Å². The van der Waals surface area contributed by atoms with Crippen molar-refractivity contribution in [3.05, 3.63) is 29.8 Å². The lowest BCUT2D eigenvalue weighted by Crippen LogP contribution is -2.54. The Morgan fingerprint density at radius 1 is 1.07 bits per heavy atom. The standard InChI is InChI=1S/C19H32N4O4S/c1-18(2,3)27-17(24)23-19(4,5)13-22-16(20-6)21-12-14-8-10-15(11-9-14)28(7,25)26/h8-11H,12-13H2,1-7H3,(H,23,24)(H2,20,21,22). The highest BCUT2D eigenvalue weighted by Crippen LogP contribution is 2.11. The molecule has 0 radical (unpaired) electrons. The number of hydrogen-bond acceptors (Lipinski definition) is 5. The topological polar surface area (TPSA) is 109 Å². The number of rotatable bonds is 6. The van der Waals surface area contributed by atoms with E-state index in [1.165, 1.54) is 6.26 Å². The minimum Gasteiger partial charge on any atom is -0.444 e. The van der Waals surface area contributed by atoms with Gasteiger partial charge in [0.25, 0.3) is 0 Å². The normalized spacial score (nSPS) is 13.0. The molecular weight excluding hydrogens is 380 g/mol. The summed E-state index contributed by atoms with van der Waals surface area (Å²) in [6.45, 7) is 10.1. The van der Waals surface area contributed by atoms with Gasteiger partial charge in [0, 0.05) is 26.4 Å². The molecule has 0 heterocycles. The second-order valence-corrected chi connectivity index (χ2v) is 10.2. The summed E-state index contributed by atoms with van der Waals surface area (Å²) in [5, 5.41) is 9.13. The van der Waals surface area contributed by atoms with Crippen molar-refractivity contribution < 1.29 is 17.9 Å². The lowest BCUT2D eigenvalue weighted by atomic mass is 10.1. The molecule has 0 aliphatic heterocycles. The van der Waals surface area contributed by atoms with Gasteiger partial charge < -0.3 is 20.7 Å². The molecule has 0 spiro atoms. The molecule has 0 saturated heterocycles. The molecule has 158 valence electrons. The van der Waals surface area contributed by atoms with Crippen LogP contribution in [0.15, 0.2) is 34.2 Å². The SMILES string of the molecule is CN=C(NCc1ccc(S(C)(=O)=O)cc1)NCC(C)(C)NC(=O)OC(C)(C)C. The van der Waals surface area contributed by atoms with E-state index in [-0.39, 0.29) is 4.90 Å². The van der Waals surface area contributed by atoms with Crippen LogP contribution in [-0.2, 0) is 21.1 Å². The number of guanidine groups is 1. The van der Waals surface area contributed by atoms with Gasteiger partial charge in [-0.2, -0.15) is 0 Å². The van der Waals surface area contributed by atoms with E-state index in [1.807, 2.05) is 34.6 Å². The fourth-order valence-electron chi connectivity index (χ4n) is 2.19. The van der Waals surface area contributed by atoms with Crippen LogP contribution in [0.5, 0.6) is 0 Å². The van der Waals surface area contributed by atoms with Crippen LogP contribution in [0, 0.1) is 0 Å². The Bertz CT molecular complexity index is 794. The van der Waals surface area contributed by atoms with E-state index in [1.54, 1.807) is 31.3 Å². The molecule has 0 bridgehead atoms. The smallest absolute Gasteiger partial charge is 0.408 e. The zero-order valence-electron chi connectivity index (χ0n) is 17.7. The number of hydrogen-bond donors (Lipinski definition) is 3. The third-order valence-electron chi connectivity index (χ3n) is 3.57. The molecule has 28 heavy (non-hydrogen) atoms. The quantitative estimate of drug-likeness (QED) is 0.487. The number of alkyl carbamates (subject to hydrolysis) is 1. The number of benzene rings is 1. The van der Waals surface area contributed by atoms with E-state index in [4.69, 9.17) is 4.74 Å². The molecule has 8 nitrogen and oxygen atoms in total. The number of nitrogens with zero attached hydrogens (tertiary/aromatic N) is 1. The van der Waals surface area contributed by atoms with Crippen LogP contribution in [-0.4, -0.2) is 51.5 Å². The maximum absolute atomic E-state index is 11.9. The molecule has 0 unspecified atom stereocenters. The number of sulfone groups is 1. The molecule has 9 heteroatoms. The maximum Gasteiger partial charge on any atom is 0.408 e. The highest BCUT2D eigenvalue weighted by atomic mass is 32.2. The summed E-state index contributed by atoms with van der Waals surface area (Å²) in [6.07, 6.45) is 0.701. The van der Waals surface area contributed by atoms with Crippen molar-refractivity contribution in [1.82, 2.24) is 16.0 Å². The fraction of sp³-hybridized carbons (Fsp3) is 0.579. The molecule has 1 amide bonds. The average Bonchev–Trinajstić information content (AvgIpc) is 2.52. The monoisotopic (exact) mass is 412 g/mol. The van der Waals surface area contributed by atoms with Gasteiger partial charge in [0.1, 0.15) is 5.60 Å². The van der Waals surface area contributed by atoms with Crippen LogP contribution in [0.4, 0.5) is 4.79 Å². The van der Waals surface area contributed by atoms with Gasteiger partial charge in [-0.3, -0.25) is 4.99 Å². The summed E-state index contributed by atoms with van der Waals surface area (Å²) in [6, 6.07) is 6.67. The Labute approximate surface area is 168 Å². The van der Waals surface area contributed by atoms with Crippen molar-refractivity contribution in [2.75, 3.05) is 19.8 Å². The first kappa shape index (κ1) is 23.7. The average molecular weight is 413 g/mol. The minimum absolute atomic E-state index is 0.286. The number of carbonyl (C=O) groups is 1. The third kappa shape index (κ3) is 9.07. The van der Waals surface area contributed by atoms with E-state index >= 15 is 0 Å². The van der Waals surface area contributed by atoms with Crippen LogP contribution < -0.4 is 16.0 Å². The largest absolute Gasteiger partial charge is 0.444 e. The van der Waals surface area contributed by atoms with E-state index in [9.17, 15) is 13.2 Å². The first-order valence-corrected chi connectivity index (χ1v) is 10.9. The molecule has 0 aliphatic carbocycles. The van der Waals surface area contributed by atoms with Gasteiger partial charge in [-0.1, -0.05) is 12.1 Å². The van der Waals surface area contributed by atoms with Crippen LogP contribution in [0.2, 0.25) is 0 Å². The molecule has 0 aromatic heterocycles. The van der Waals surface area contributed by atoms with Crippen molar-refractivity contribution in [2.45, 2.75) is 57.2 Å². The second kappa shape index (κ2) is 9.27. The summed E-state index contributed by atoms with van der Waals surface area (Å²) >= 11 is 0. The third-order valence-corrected chi connectivity index (χ3v) is 4.70. The first-order chi connectivity index (χ1) is 12.7. The molecule has 0 saturated carbocycles. The molecule has 1 rings (SSSR count). The zero-order chi connectivity index (χ0) is 21.6. The second-order valence-electron chi connectivity index (χ2n) is 8.21. The minimum atomic E-state index is -3.20. The number of ether oxygens (including phenoxy) is 1. The Kier molecular flexibility index (Phi) is 7.86. The predicted octanol–water partition coefficient (Wildman–Crippen LogP) is 2.06. The molecule has 1 aromatic rings. The summed E-state index contributed by atoms with van der Waals surface area (Å²) < 4.78 is 28.3. The molecule has 0 fully saturated rings. The Morgan fingerprint density at radius 2 is 1.64 bits per heavy atom. The van der Waals surface area contributed by atoms with Crippen LogP contribution >= 0.6 is 0 Å².